The zero-order chi connectivity index (χ0) is 16.8. The van der Waals surface area contributed by atoms with E-state index in [1.165, 1.54) is 11.8 Å². The van der Waals surface area contributed by atoms with Crippen molar-refractivity contribution in [1.29, 1.82) is 0 Å². The fourth-order valence-corrected chi connectivity index (χ4v) is 3.49. The van der Waals surface area contributed by atoms with Gasteiger partial charge >= 0.3 is 17.1 Å². The van der Waals surface area contributed by atoms with Gasteiger partial charge in [0.25, 0.3) is 0 Å². The lowest BCUT2D eigenvalue weighted by atomic mass is 9.83. The van der Waals surface area contributed by atoms with Crippen LogP contribution in [0.1, 0.15) is 46.5 Å². The van der Waals surface area contributed by atoms with Gasteiger partial charge in [-0.15, -0.1) is 11.8 Å². The summed E-state index contributed by atoms with van der Waals surface area (Å²) in [7, 11) is 0. The van der Waals surface area contributed by atoms with Gasteiger partial charge in [0.2, 0.25) is 0 Å². The zero-order valence-electron chi connectivity index (χ0n) is 13.7. The summed E-state index contributed by atoms with van der Waals surface area (Å²) in [6.07, 6.45) is 7.66. The van der Waals surface area contributed by atoms with Gasteiger partial charge in [0.1, 0.15) is 5.25 Å². The van der Waals surface area contributed by atoms with Crippen LogP contribution in [0, 0.1) is 5.41 Å². The standard InChI is InChI=1S/C14H24O6S2/c1-6-7-8-9-13(2,3)10(21-4)11(15)17-18-12(16)14(22-5)19-20-14/h10H,6-9H2,1-5H3. The van der Waals surface area contributed by atoms with Crippen molar-refractivity contribution in [2.45, 2.75) is 56.8 Å². The fraction of sp³-hybridized carbons (Fsp3) is 0.857. The van der Waals surface area contributed by atoms with E-state index in [1.54, 1.807) is 6.26 Å². The molecule has 0 aromatic rings. The lowest BCUT2D eigenvalue weighted by Crippen LogP contribution is -2.36. The molecule has 0 aromatic heterocycles. The molecule has 8 heteroatoms. The average Bonchev–Trinajstić information content (AvgIpc) is 3.26. The summed E-state index contributed by atoms with van der Waals surface area (Å²) in [6, 6.07) is 0. The van der Waals surface area contributed by atoms with Crippen molar-refractivity contribution >= 4 is 35.5 Å². The van der Waals surface area contributed by atoms with Gasteiger partial charge in [-0.3, -0.25) is 0 Å². The maximum atomic E-state index is 12.2. The Labute approximate surface area is 139 Å². The monoisotopic (exact) mass is 352 g/mol. The third kappa shape index (κ3) is 5.04. The van der Waals surface area contributed by atoms with Gasteiger partial charge in [-0.25, -0.2) is 19.4 Å². The zero-order valence-corrected chi connectivity index (χ0v) is 15.3. The Bertz CT molecular complexity index is 395. The van der Waals surface area contributed by atoms with Crippen LogP contribution in [0.5, 0.6) is 0 Å². The van der Waals surface area contributed by atoms with E-state index in [0.717, 1.165) is 37.4 Å². The molecular weight excluding hydrogens is 328 g/mol. The van der Waals surface area contributed by atoms with Gasteiger partial charge < -0.3 is 0 Å². The number of carbonyl (C=O) groups is 2. The molecular formula is C14H24O6S2. The minimum atomic E-state index is -1.48. The van der Waals surface area contributed by atoms with Crippen molar-refractivity contribution in [2.75, 3.05) is 12.5 Å². The summed E-state index contributed by atoms with van der Waals surface area (Å²) >= 11 is 2.41. The molecule has 1 saturated heterocycles. The van der Waals surface area contributed by atoms with Crippen molar-refractivity contribution in [3.63, 3.8) is 0 Å². The highest BCUT2D eigenvalue weighted by Gasteiger charge is 2.60. The largest absolute Gasteiger partial charge is 0.430 e. The van der Waals surface area contributed by atoms with E-state index in [4.69, 9.17) is 4.89 Å². The lowest BCUT2D eigenvalue weighted by Gasteiger charge is -2.30. The third-order valence-corrected chi connectivity index (χ3v) is 5.68. The Balaban J connectivity index is 2.51. The van der Waals surface area contributed by atoms with E-state index in [-0.39, 0.29) is 5.41 Å². The lowest BCUT2D eigenvalue weighted by molar-refractivity contribution is -0.262. The summed E-state index contributed by atoms with van der Waals surface area (Å²) < 4.78 is 0. The predicted molar refractivity (Wildman–Crippen MR) is 85.8 cm³/mol. The van der Waals surface area contributed by atoms with Crippen LogP contribution in [0.4, 0.5) is 0 Å². The molecule has 0 aliphatic carbocycles. The topological polar surface area (TPSA) is 77.7 Å². The van der Waals surface area contributed by atoms with Crippen LogP contribution < -0.4 is 0 Å². The Morgan fingerprint density at radius 3 is 2.27 bits per heavy atom. The molecule has 128 valence electrons. The van der Waals surface area contributed by atoms with Crippen LogP contribution in [0.25, 0.3) is 0 Å². The minimum Gasteiger partial charge on any atom is -0.246 e. The molecule has 1 fully saturated rings. The number of hydrogen-bond acceptors (Lipinski definition) is 8. The molecule has 0 aromatic carbocycles. The van der Waals surface area contributed by atoms with Gasteiger partial charge in [0.05, 0.1) is 0 Å². The summed E-state index contributed by atoms with van der Waals surface area (Å²) in [6.45, 7) is 6.17. The predicted octanol–water partition coefficient (Wildman–Crippen LogP) is 3.30. The molecule has 22 heavy (non-hydrogen) atoms. The Kier molecular flexibility index (Phi) is 7.51. The molecule has 0 saturated carbocycles. The highest BCUT2D eigenvalue weighted by Crippen LogP contribution is 2.41. The van der Waals surface area contributed by atoms with Crippen LogP contribution in [0.15, 0.2) is 0 Å². The van der Waals surface area contributed by atoms with Crippen molar-refractivity contribution in [2.24, 2.45) is 5.41 Å². The van der Waals surface area contributed by atoms with Crippen LogP contribution in [-0.2, 0) is 29.1 Å². The Morgan fingerprint density at radius 1 is 1.18 bits per heavy atom. The third-order valence-electron chi connectivity index (χ3n) is 3.54. The van der Waals surface area contributed by atoms with E-state index in [1.807, 2.05) is 20.1 Å². The van der Waals surface area contributed by atoms with Crippen molar-refractivity contribution < 1.29 is 29.1 Å². The fourth-order valence-electron chi connectivity index (χ4n) is 2.13. The summed E-state index contributed by atoms with van der Waals surface area (Å²) in [5.74, 6) is -1.45. The van der Waals surface area contributed by atoms with Crippen molar-refractivity contribution in [1.82, 2.24) is 0 Å². The minimum absolute atomic E-state index is 0.248. The van der Waals surface area contributed by atoms with E-state index < -0.39 is 22.3 Å². The molecule has 1 rings (SSSR count). The molecule has 0 radical (unpaired) electrons. The summed E-state index contributed by atoms with van der Waals surface area (Å²) in [4.78, 5) is 42.2. The first-order valence-corrected chi connectivity index (χ1v) is 9.72. The van der Waals surface area contributed by atoms with Crippen LogP contribution >= 0.6 is 23.5 Å². The second kappa shape index (κ2) is 8.42. The molecule has 6 nitrogen and oxygen atoms in total. The number of unbranched alkanes of at least 4 members (excludes halogenated alkanes) is 2. The van der Waals surface area contributed by atoms with Crippen LogP contribution in [0.3, 0.4) is 0 Å². The average molecular weight is 352 g/mol. The molecule has 0 amide bonds. The molecule has 0 spiro atoms. The molecule has 1 heterocycles. The van der Waals surface area contributed by atoms with E-state index in [0.29, 0.717) is 0 Å². The molecule has 1 aliphatic heterocycles. The summed E-state index contributed by atoms with van der Waals surface area (Å²) in [5.41, 5.74) is -0.248. The molecule has 1 atom stereocenters. The number of carbonyl (C=O) groups excluding carboxylic acids is 2. The van der Waals surface area contributed by atoms with Crippen LogP contribution in [-0.4, -0.2) is 34.8 Å². The van der Waals surface area contributed by atoms with Gasteiger partial charge in [-0.2, -0.15) is 9.78 Å². The second-order valence-corrected chi connectivity index (χ2v) is 7.65. The quantitative estimate of drug-likeness (QED) is 0.271. The maximum Gasteiger partial charge on any atom is 0.430 e. The second-order valence-electron chi connectivity index (χ2n) is 5.76. The Hall–Kier alpha value is -0.440. The van der Waals surface area contributed by atoms with Crippen molar-refractivity contribution in [3.05, 3.63) is 0 Å². The van der Waals surface area contributed by atoms with Gasteiger partial charge in [0.15, 0.2) is 0 Å². The first kappa shape index (κ1) is 19.6. The number of thioether (sulfide) groups is 2. The highest BCUT2D eigenvalue weighted by molar-refractivity contribution is 8.00. The maximum absolute atomic E-state index is 12.2. The van der Waals surface area contributed by atoms with E-state index in [2.05, 4.69) is 21.6 Å². The highest BCUT2D eigenvalue weighted by atomic mass is 32.2. The van der Waals surface area contributed by atoms with Crippen LogP contribution in [0.2, 0.25) is 0 Å². The van der Waals surface area contributed by atoms with Gasteiger partial charge in [-0.1, -0.05) is 51.8 Å². The smallest absolute Gasteiger partial charge is 0.246 e. The molecule has 0 bridgehead atoms. The normalized spacial score (nSPS) is 17.7. The molecule has 0 N–H and O–H groups in total. The molecule has 1 unspecified atom stereocenters. The summed E-state index contributed by atoms with van der Waals surface area (Å²) in [5, 5.41) is -1.89. The SMILES string of the molecule is CCCCCC(C)(C)C(SC)C(=O)OOC(=O)C1(SC)OO1. The first-order valence-electron chi connectivity index (χ1n) is 7.20. The van der Waals surface area contributed by atoms with E-state index in [9.17, 15) is 9.59 Å². The van der Waals surface area contributed by atoms with Crippen molar-refractivity contribution in [3.8, 4) is 0 Å². The Morgan fingerprint density at radius 2 is 1.82 bits per heavy atom. The molecule has 1 aliphatic rings. The first-order chi connectivity index (χ1) is 10.3. The number of rotatable bonds is 9. The number of hydrogen-bond donors (Lipinski definition) is 0. The van der Waals surface area contributed by atoms with E-state index >= 15 is 0 Å². The van der Waals surface area contributed by atoms with Gasteiger partial charge in [0, 0.05) is 0 Å². The van der Waals surface area contributed by atoms with Gasteiger partial charge in [-0.05, 0) is 24.3 Å².